The second-order valence-electron chi connectivity index (χ2n) is 10.6. The summed E-state index contributed by atoms with van der Waals surface area (Å²) in [5, 5.41) is 0. The predicted octanol–water partition coefficient (Wildman–Crippen LogP) is 11.8. The molecule has 1 atom stereocenters. The van der Waals surface area contributed by atoms with Gasteiger partial charge in [0.15, 0.2) is 0 Å². The minimum atomic E-state index is 0.866. The average Bonchev–Trinajstić information content (AvgIpc) is 2.80. The van der Waals surface area contributed by atoms with Gasteiger partial charge >= 0.3 is 0 Å². The standard InChI is InChI=1S/C32H62/c1-4-6-8-10-12-14-16-18-19-21-23-25-27-29-31-32(3)30-28-26-24-22-20-17-15-13-11-9-7-5-2/h32H,4-24,26,28-31H2,1-3H3. The monoisotopic (exact) mass is 446 g/mol. The molecule has 0 aliphatic heterocycles. The van der Waals surface area contributed by atoms with Gasteiger partial charge in [0.1, 0.15) is 0 Å². The molecule has 0 aromatic rings. The Hall–Kier alpha value is -0.440. The summed E-state index contributed by atoms with van der Waals surface area (Å²) < 4.78 is 0. The molecule has 0 radical (unpaired) electrons. The molecular formula is C32H62. The van der Waals surface area contributed by atoms with Crippen LogP contribution in [0.15, 0.2) is 0 Å². The molecule has 0 aliphatic rings. The molecule has 0 rings (SSSR count). The summed E-state index contributed by atoms with van der Waals surface area (Å²) in [6.07, 6.45) is 36.6. The van der Waals surface area contributed by atoms with E-state index in [1.807, 2.05) is 0 Å². The zero-order chi connectivity index (χ0) is 23.4. The van der Waals surface area contributed by atoms with Crippen LogP contribution in [0.5, 0.6) is 0 Å². The zero-order valence-corrected chi connectivity index (χ0v) is 23.0. The largest absolute Gasteiger partial charge is 0.103 e. The average molecular weight is 447 g/mol. The van der Waals surface area contributed by atoms with Crippen molar-refractivity contribution in [3.05, 3.63) is 0 Å². The van der Waals surface area contributed by atoms with Crippen molar-refractivity contribution in [2.24, 2.45) is 5.92 Å². The van der Waals surface area contributed by atoms with Crippen LogP contribution in [-0.4, -0.2) is 0 Å². The van der Waals surface area contributed by atoms with Crippen molar-refractivity contribution >= 4 is 0 Å². The van der Waals surface area contributed by atoms with Crippen molar-refractivity contribution in [1.82, 2.24) is 0 Å². The minimum Gasteiger partial charge on any atom is -0.103 e. The highest BCUT2D eigenvalue weighted by Gasteiger charge is 2.01. The topological polar surface area (TPSA) is 0 Å². The van der Waals surface area contributed by atoms with Gasteiger partial charge in [-0.05, 0) is 18.8 Å². The molecule has 0 aromatic carbocycles. The van der Waals surface area contributed by atoms with Gasteiger partial charge in [0, 0.05) is 12.8 Å². The van der Waals surface area contributed by atoms with E-state index in [4.69, 9.17) is 0 Å². The first-order valence-corrected chi connectivity index (χ1v) is 15.3. The Balaban J connectivity index is 3.24. The molecule has 190 valence electrons. The van der Waals surface area contributed by atoms with Crippen LogP contribution in [0.4, 0.5) is 0 Å². The van der Waals surface area contributed by atoms with Gasteiger partial charge < -0.3 is 0 Å². The van der Waals surface area contributed by atoms with E-state index in [0.717, 1.165) is 18.8 Å². The SMILES string of the molecule is CCCCCCCCCCCCC#CCCC(C)CCCCCCCCCCCCCC. The van der Waals surface area contributed by atoms with E-state index >= 15 is 0 Å². The van der Waals surface area contributed by atoms with Crippen molar-refractivity contribution in [2.45, 2.75) is 188 Å². The lowest BCUT2D eigenvalue weighted by atomic mass is 9.97. The summed E-state index contributed by atoms with van der Waals surface area (Å²) in [5.41, 5.74) is 0. The summed E-state index contributed by atoms with van der Waals surface area (Å²) in [4.78, 5) is 0. The van der Waals surface area contributed by atoms with Gasteiger partial charge in [-0.25, -0.2) is 0 Å². The fraction of sp³-hybridized carbons (Fsp3) is 0.938. The Morgan fingerprint density at radius 2 is 0.719 bits per heavy atom. The molecule has 0 N–H and O–H groups in total. The van der Waals surface area contributed by atoms with E-state index < -0.39 is 0 Å². The van der Waals surface area contributed by atoms with E-state index in [-0.39, 0.29) is 0 Å². The highest BCUT2D eigenvalue weighted by atomic mass is 14.1. The Morgan fingerprint density at radius 1 is 0.375 bits per heavy atom. The smallest absolute Gasteiger partial charge is 0.00912 e. The van der Waals surface area contributed by atoms with Crippen LogP contribution in [-0.2, 0) is 0 Å². The van der Waals surface area contributed by atoms with Gasteiger partial charge in [0.25, 0.3) is 0 Å². The molecule has 0 fully saturated rings. The molecular weight excluding hydrogens is 384 g/mol. The third kappa shape index (κ3) is 27.6. The van der Waals surface area contributed by atoms with Gasteiger partial charge in [-0.15, -0.1) is 11.8 Å². The van der Waals surface area contributed by atoms with Crippen molar-refractivity contribution in [3.8, 4) is 11.8 Å². The molecule has 0 nitrogen and oxygen atoms in total. The third-order valence-corrected chi connectivity index (χ3v) is 7.09. The summed E-state index contributed by atoms with van der Waals surface area (Å²) >= 11 is 0. The van der Waals surface area contributed by atoms with E-state index in [9.17, 15) is 0 Å². The second kappa shape index (κ2) is 28.6. The maximum Gasteiger partial charge on any atom is 0.00912 e. The molecule has 0 amide bonds. The summed E-state index contributed by atoms with van der Waals surface area (Å²) in [7, 11) is 0. The fourth-order valence-electron chi connectivity index (χ4n) is 4.67. The number of unbranched alkanes of at least 4 members (excludes halogenated alkanes) is 21. The fourth-order valence-corrected chi connectivity index (χ4v) is 4.67. The molecule has 0 aliphatic carbocycles. The maximum atomic E-state index is 3.44. The summed E-state index contributed by atoms with van der Waals surface area (Å²) in [5.74, 6) is 7.74. The van der Waals surface area contributed by atoms with Crippen LogP contribution in [0.1, 0.15) is 188 Å². The van der Waals surface area contributed by atoms with Gasteiger partial charge in [-0.2, -0.15) is 0 Å². The molecule has 0 saturated carbocycles. The van der Waals surface area contributed by atoms with Crippen molar-refractivity contribution in [2.75, 3.05) is 0 Å². The van der Waals surface area contributed by atoms with Crippen LogP contribution >= 0.6 is 0 Å². The molecule has 0 bridgehead atoms. The summed E-state index contributed by atoms with van der Waals surface area (Å²) in [6.45, 7) is 7.03. The van der Waals surface area contributed by atoms with Gasteiger partial charge in [-0.3, -0.25) is 0 Å². The van der Waals surface area contributed by atoms with Crippen LogP contribution < -0.4 is 0 Å². The highest BCUT2D eigenvalue weighted by molar-refractivity contribution is 4.98. The first kappa shape index (κ1) is 31.6. The Morgan fingerprint density at radius 3 is 1.16 bits per heavy atom. The maximum absolute atomic E-state index is 3.44. The Kier molecular flexibility index (Phi) is 28.2. The Labute approximate surface area is 205 Å². The van der Waals surface area contributed by atoms with Crippen molar-refractivity contribution < 1.29 is 0 Å². The molecule has 0 saturated heterocycles. The summed E-state index contributed by atoms with van der Waals surface area (Å²) in [6, 6.07) is 0. The van der Waals surface area contributed by atoms with E-state index in [0.29, 0.717) is 0 Å². The lowest BCUT2D eigenvalue weighted by Gasteiger charge is -2.09. The van der Waals surface area contributed by atoms with Crippen molar-refractivity contribution in [3.63, 3.8) is 0 Å². The molecule has 32 heavy (non-hydrogen) atoms. The molecule has 0 heterocycles. The highest BCUT2D eigenvalue weighted by Crippen LogP contribution is 2.17. The Bertz CT molecular complexity index is 385. The predicted molar refractivity (Wildman–Crippen MR) is 148 cm³/mol. The van der Waals surface area contributed by atoms with Crippen LogP contribution in [0.2, 0.25) is 0 Å². The number of hydrogen-bond acceptors (Lipinski definition) is 0. The molecule has 1 unspecified atom stereocenters. The van der Waals surface area contributed by atoms with Gasteiger partial charge in [-0.1, -0.05) is 162 Å². The van der Waals surface area contributed by atoms with E-state index in [1.165, 1.54) is 154 Å². The lowest BCUT2D eigenvalue weighted by molar-refractivity contribution is 0.458. The zero-order valence-electron chi connectivity index (χ0n) is 23.0. The molecule has 0 heteroatoms. The van der Waals surface area contributed by atoms with E-state index in [2.05, 4.69) is 32.6 Å². The minimum absolute atomic E-state index is 0.866. The number of hydrogen-bond donors (Lipinski definition) is 0. The normalized spacial score (nSPS) is 12.0. The molecule has 0 aromatic heterocycles. The van der Waals surface area contributed by atoms with E-state index in [1.54, 1.807) is 0 Å². The second-order valence-corrected chi connectivity index (χ2v) is 10.6. The van der Waals surface area contributed by atoms with Crippen LogP contribution in [0.3, 0.4) is 0 Å². The first-order valence-electron chi connectivity index (χ1n) is 15.3. The van der Waals surface area contributed by atoms with Crippen LogP contribution in [0, 0.1) is 17.8 Å². The van der Waals surface area contributed by atoms with Gasteiger partial charge in [0.05, 0.1) is 0 Å². The first-order chi connectivity index (χ1) is 15.8. The third-order valence-electron chi connectivity index (χ3n) is 7.09. The van der Waals surface area contributed by atoms with Crippen LogP contribution in [0.25, 0.3) is 0 Å². The lowest BCUT2D eigenvalue weighted by Crippen LogP contribution is -1.94. The quantitative estimate of drug-likeness (QED) is 0.0965. The molecule has 0 spiro atoms. The number of rotatable bonds is 25. The van der Waals surface area contributed by atoms with Gasteiger partial charge in [0.2, 0.25) is 0 Å². The van der Waals surface area contributed by atoms with Crippen molar-refractivity contribution in [1.29, 1.82) is 0 Å².